The Bertz CT molecular complexity index is 4110. The summed E-state index contributed by atoms with van der Waals surface area (Å²) >= 11 is 14.9. The second kappa shape index (κ2) is 43.2. The van der Waals surface area contributed by atoms with Crippen molar-refractivity contribution in [3.8, 4) is 23.0 Å². The lowest BCUT2D eigenvalue weighted by molar-refractivity contribution is -0.286. The fourth-order valence-corrected chi connectivity index (χ4v) is 21.7. The van der Waals surface area contributed by atoms with Gasteiger partial charge in [-0.2, -0.15) is 0 Å². The van der Waals surface area contributed by atoms with Crippen molar-refractivity contribution in [2.75, 3.05) is 39.9 Å². The highest BCUT2D eigenvalue weighted by atomic mass is 35.5. The molecule has 696 valence electrons. The van der Waals surface area contributed by atoms with E-state index in [1.165, 1.54) is 31.3 Å². The van der Waals surface area contributed by atoms with E-state index in [4.69, 9.17) is 63.1 Å². The molecule has 5 aliphatic carbocycles. The van der Waals surface area contributed by atoms with E-state index in [0.717, 1.165) is 19.3 Å². The third-order valence-electron chi connectivity index (χ3n) is 26.8. The molecule has 2 saturated heterocycles. The summed E-state index contributed by atoms with van der Waals surface area (Å²) in [6, 6.07) is -4.28. The molecule has 13 rings (SSSR count). The van der Waals surface area contributed by atoms with Crippen LogP contribution in [0.3, 0.4) is 0 Å². The molecule has 32 atom stereocenters. The van der Waals surface area contributed by atoms with Crippen LogP contribution in [0.2, 0.25) is 0 Å². The van der Waals surface area contributed by atoms with Crippen molar-refractivity contribution in [3.05, 3.63) is 42.0 Å². The Kier molecular flexibility index (Phi) is 34.1. The summed E-state index contributed by atoms with van der Waals surface area (Å²) in [6.07, 6.45) is -18.6. The molecule has 7 amide bonds. The lowest BCUT2D eigenvalue weighted by atomic mass is 9.58. The number of carboxylic acids is 1. The van der Waals surface area contributed by atoms with E-state index in [0.29, 0.717) is 38.2 Å². The summed E-state index contributed by atoms with van der Waals surface area (Å²) in [5, 5.41) is 140. The number of unbranched alkanes of at least 4 members (excludes halogenated alkanes) is 4. The van der Waals surface area contributed by atoms with Crippen LogP contribution < -0.4 is 77.7 Å². The molecule has 0 aromatic heterocycles. The maximum absolute atomic E-state index is 16.5. The van der Waals surface area contributed by atoms with Gasteiger partial charge in [0.05, 0.1) is 83.6 Å². The summed E-state index contributed by atoms with van der Waals surface area (Å²) < 4.78 is 68.7. The van der Waals surface area contributed by atoms with Gasteiger partial charge in [-0.3, -0.25) is 33.6 Å². The monoisotopic (exact) mass is 1810 g/mol. The molecule has 2 aromatic rings. The Morgan fingerprint density at radius 3 is 1.95 bits per heavy atom. The van der Waals surface area contributed by atoms with Crippen molar-refractivity contribution in [2.45, 2.75) is 312 Å². The second-order valence-electron chi connectivity index (χ2n) is 36.3. The predicted molar refractivity (Wildman–Crippen MR) is 447 cm³/mol. The smallest absolute Gasteiger partial charge is 0.326 e. The highest BCUT2D eigenvalue weighted by Gasteiger charge is 2.57. The number of halogens is 2. The molecule has 7 fully saturated rings. The van der Waals surface area contributed by atoms with Gasteiger partial charge in [0, 0.05) is 43.5 Å². The Morgan fingerprint density at radius 2 is 1.34 bits per heavy atom. The van der Waals surface area contributed by atoms with E-state index >= 15 is 24.0 Å². The number of rotatable bonds is 28. The first kappa shape index (κ1) is 97.9. The number of aliphatic hydroxyl groups is 9. The highest BCUT2D eigenvalue weighted by Crippen LogP contribution is 2.51. The molecule has 6 aliphatic heterocycles. The summed E-state index contributed by atoms with van der Waals surface area (Å²) in [5.74, 6) is -19.3. The Morgan fingerprint density at radius 1 is 0.702 bits per heavy atom. The molecule has 124 heavy (non-hydrogen) atoms. The number of nitrogens with one attached hydrogen (secondary N) is 9. The number of alkyl halides is 2. The number of hydrogen-bond acceptors (Lipinski definition) is 28. The van der Waals surface area contributed by atoms with E-state index in [2.05, 4.69) is 54.2 Å². The van der Waals surface area contributed by atoms with Crippen LogP contribution in [-0.4, -0.2) is 285 Å². The summed E-state index contributed by atoms with van der Waals surface area (Å²) in [4.78, 5) is 120. The minimum Gasteiger partial charge on any atom is -0.494 e. The third-order valence-corrected chi connectivity index (χ3v) is 29.2. The van der Waals surface area contributed by atoms with Gasteiger partial charge in [0.25, 0.3) is 0 Å². The Balaban J connectivity index is 0.985. The zero-order chi connectivity index (χ0) is 90.1. The minimum atomic E-state index is -3.86. The van der Waals surface area contributed by atoms with Crippen molar-refractivity contribution in [1.29, 1.82) is 0 Å². The topological polar surface area (TPSA) is 589 Å². The number of amides is 7. The van der Waals surface area contributed by atoms with Crippen LogP contribution in [0.5, 0.6) is 23.0 Å². The maximum Gasteiger partial charge on any atom is 0.326 e. The number of aliphatic carboxylic acids is 1. The van der Waals surface area contributed by atoms with Gasteiger partial charge in [0.15, 0.2) is 17.8 Å². The highest BCUT2D eigenvalue weighted by molar-refractivity contribution is 7.89. The fourth-order valence-electron chi connectivity index (χ4n) is 19.8. The Labute approximate surface area is 732 Å². The van der Waals surface area contributed by atoms with Crippen LogP contribution in [0.1, 0.15) is 175 Å². The number of benzene rings is 2. The average Bonchev–Trinajstić information content (AvgIpc) is 0.752. The summed E-state index contributed by atoms with van der Waals surface area (Å²) in [6.45, 7) is 9.09. The van der Waals surface area contributed by atoms with Gasteiger partial charge in [-0.05, 0) is 207 Å². The minimum absolute atomic E-state index is 0.0230. The van der Waals surface area contributed by atoms with E-state index in [1.807, 2.05) is 13.8 Å². The first-order valence-electron chi connectivity index (χ1n) is 43.9. The molecule has 11 aliphatic rings. The van der Waals surface area contributed by atoms with Crippen molar-refractivity contribution in [3.63, 3.8) is 0 Å². The number of nitrogens with two attached hydrogens (primary N) is 2. The van der Waals surface area contributed by atoms with E-state index < -0.39 is 262 Å². The molecule has 2 aromatic carbocycles. The molecule has 4 unspecified atom stereocenters. The largest absolute Gasteiger partial charge is 0.494 e. The summed E-state index contributed by atoms with van der Waals surface area (Å²) in [5.41, 5.74) is 10.9. The number of sulfonamides is 1. The Hall–Kier alpha value is -6.67. The van der Waals surface area contributed by atoms with E-state index in [1.54, 1.807) is 26.0 Å². The standard InChI is InChI=1S/C84H129Cl2N11O26S/c1-7-8-12-25-118-45-16-18-46(19-17-45)124(116,117)91-24-11-9-10-23-90-36-49-55(100)33-48-63(72(49)105)47-27-40(13-20-54(47)99)64-79(110)97-68(82(113)95-66(48)83(114)115)70(103)42-15-22-57(51(86)29-42)121-59-31-43-30-58(74(59)122-60-32-44(37-98)71(104)73(106)75(60)123-62-35-84(5,88)76(107)39(4)119-62)120-56-21-14-41(28-50(56)85)69(102)67(96-77(108)52(89-6)26-38(2)3)81(112)92-53(34-61(87)101)78(109)93-65(43)80(111)94-64/h16-19,30-31,38-42,44,47-57,60,62-73,75-76,89-91,98-100,102-107H,7-15,20-29,32-37,88H2,1-6H3,(H2,87,101)(H,92,112)(H,93,109)(H,94,111)(H,95,113)(H,96,108)(H,97,110)(H,114,115)/t39-,40-,41-,42-,44+,47?,48?,49?,50+,51-,52+,53-,54+,55-,56+,57+,60+,62-,63?,64+,65+,66-,67+,68-,69+,70+,71+,72-,73-,75-,76+,84-/m0/s1. The van der Waals surface area contributed by atoms with Gasteiger partial charge in [0.2, 0.25) is 57.1 Å². The van der Waals surface area contributed by atoms with Crippen LogP contribution in [0, 0.1) is 53.3 Å². The van der Waals surface area contributed by atoms with Crippen LogP contribution in [0.25, 0.3) is 0 Å². The van der Waals surface area contributed by atoms with Gasteiger partial charge in [0.1, 0.15) is 72.5 Å². The number of carbonyl (C=O) groups excluding carboxylic acids is 7. The lowest BCUT2D eigenvalue weighted by Crippen LogP contribution is -2.66. The van der Waals surface area contributed by atoms with Crippen LogP contribution >= 0.6 is 23.2 Å². The second-order valence-corrected chi connectivity index (χ2v) is 39.2. The third kappa shape index (κ3) is 23.5. The lowest BCUT2D eigenvalue weighted by Gasteiger charge is -2.51. The molecular weight excluding hydrogens is 1680 g/mol. The fraction of sp³-hybridized carbons (Fsp3) is 0.762. The van der Waals surface area contributed by atoms with Gasteiger partial charge in [-0.15, -0.1) is 23.2 Å². The maximum atomic E-state index is 16.5. The van der Waals surface area contributed by atoms with Crippen molar-refractivity contribution < 1.29 is 126 Å². The van der Waals surface area contributed by atoms with Gasteiger partial charge < -0.3 is 133 Å². The van der Waals surface area contributed by atoms with Crippen molar-refractivity contribution in [1.82, 2.24) is 47.3 Å². The molecule has 5 saturated carbocycles. The number of likely N-dealkylation sites (N-methyl/N-ethyl adjacent to an activating group) is 1. The van der Waals surface area contributed by atoms with Crippen LogP contribution in [-0.2, 0) is 57.9 Å². The van der Waals surface area contributed by atoms with Crippen LogP contribution in [0.15, 0.2) is 41.3 Å². The number of primary amides is 1. The van der Waals surface area contributed by atoms with Gasteiger partial charge in [-0.1, -0.05) is 40.0 Å². The first-order chi connectivity index (χ1) is 58.8. The number of hydrogen-bond donors (Lipinski definition) is 21. The summed E-state index contributed by atoms with van der Waals surface area (Å²) in [7, 11) is -2.34. The zero-order valence-electron chi connectivity index (χ0n) is 70.9. The van der Waals surface area contributed by atoms with Gasteiger partial charge >= 0.3 is 5.97 Å². The van der Waals surface area contributed by atoms with Gasteiger partial charge in [-0.25, -0.2) is 17.9 Å². The predicted octanol–water partition coefficient (Wildman–Crippen LogP) is -0.927. The van der Waals surface area contributed by atoms with E-state index in [-0.39, 0.29) is 130 Å². The molecule has 0 spiro atoms. The molecule has 40 heteroatoms. The zero-order valence-corrected chi connectivity index (χ0v) is 73.3. The van der Waals surface area contributed by atoms with Crippen molar-refractivity contribution >= 4 is 80.5 Å². The SMILES string of the molecule is CCCCCOc1ccc(S(=O)(=O)NCCCCCNCC2[C@H](O)C3C4C[C@H](CC[C@H]4O)[C@H]4NC(=O)[C@@H]5NC(=O)[C@H](CC(N)=O)NC(=O)[C@H](NC(=O)[C@@H](CC(C)C)NC)[C@H](O)[C@H]6CC[C@@H](Oc7cc5cc(c7O[C@@H]5C[C@H](CO)[C@@H](O)[C@H](O)[C@H]5O[C@H]5C[C@](C)(N)[C@H](O)[C@H](C)O5)O[C@@H]5CC[C@@H](C[C@@H]5Cl)[C@@H](O)[C@H](NC4=O)C(=O)N[C@H](C(=O)O)C3C[C@@H]2O)[C@H](Cl)C6)cc1. The number of carbonyl (C=O) groups is 8. The number of carboxylic acid groups (broad SMARTS) is 1. The number of aliphatic hydroxyl groups excluding tert-OH is 9. The van der Waals surface area contributed by atoms with Crippen LogP contribution in [0.4, 0.5) is 0 Å². The molecule has 11 bridgehead atoms. The van der Waals surface area contributed by atoms with E-state index in [9.17, 15) is 73.9 Å². The first-order valence-corrected chi connectivity index (χ1v) is 46.2. The quantitative estimate of drug-likeness (QED) is 0.0362. The number of fused-ring (bicyclic) bond motifs is 15. The normalized spacial score (nSPS) is 37.8. The molecule has 6 heterocycles. The van der Waals surface area contributed by atoms with Crippen molar-refractivity contribution in [2.24, 2.45) is 64.7 Å². The molecule has 23 N–H and O–H groups in total. The molecule has 37 nitrogen and oxygen atoms in total. The molecule has 0 radical (unpaired) electrons. The molecular formula is C84H129Cl2N11O26S. The number of ether oxygens (including phenoxy) is 6. The average molecular weight is 1810 g/mol.